The van der Waals surface area contributed by atoms with Crippen LogP contribution in [-0.4, -0.2) is 7.05 Å². The molecule has 5 heteroatoms. The molecule has 0 aliphatic heterocycles. The van der Waals surface area contributed by atoms with Crippen molar-refractivity contribution in [2.75, 3.05) is 7.05 Å². The van der Waals surface area contributed by atoms with E-state index in [0.29, 0.717) is 22.6 Å². The van der Waals surface area contributed by atoms with Crippen LogP contribution in [0.25, 0.3) is 0 Å². The van der Waals surface area contributed by atoms with Crippen LogP contribution in [0.4, 0.5) is 8.78 Å². The molecule has 2 aromatic carbocycles. The van der Waals surface area contributed by atoms with Crippen LogP contribution in [0.15, 0.2) is 36.4 Å². The van der Waals surface area contributed by atoms with E-state index >= 15 is 0 Å². The first-order valence-corrected chi connectivity index (χ1v) is 6.83. The molecule has 0 aliphatic carbocycles. The van der Waals surface area contributed by atoms with Gasteiger partial charge >= 0.3 is 0 Å². The molecule has 0 aliphatic rings. The average Bonchev–Trinajstić information content (AvgIpc) is 2.41. The third-order valence-electron chi connectivity index (χ3n) is 3.14. The Balaban J connectivity index is 2.31. The van der Waals surface area contributed by atoms with E-state index in [1.165, 1.54) is 12.1 Å². The maximum Gasteiger partial charge on any atom is 0.142 e. The smallest absolute Gasteiger partial charge is 0.142 e. The molecular weight excluding hydrogens is 303 g/mol. The second-order valence-corrected chi connectivity index (χ2v) is 5.24. The maximum absolute atomic E-state index is 13.9. The summed E-state index contributed by atoms with van der Waals surface area (Å²) in [7, 11) is 1.71. The van der Waals surface area contributed by atoms with E-state index in [1.54, 1.807) is 31.3 Å². The molecule has 106 valence electrons. The van der Waals surface area contributed by atoms with E-state index in [4.69, 9.17) is 23.2 Å². The van der Waals surface area contributed by atoms with Gasteiger partial charge < -0.3 is 5.32 Å². The van der Waals surface area contributed by atoms with Crippen molar-refractivity contribution >= 4 is 23.2 Å². The minimum absolute atomic E-state index is 0.0714. The number of likely N-dealkylation sites (N-methyl/N-ethyl adjacent to an activating group) is 1. The first-order valence-electron chi connectivity index (χ1n) is 6.08. The molecule has 20 heavy (non-hydrogen) atoms. The van der Waals surface area contributed by atoms with E-state index in [9.17, 15) is 8.78 Å². The highest BCUT2D eigenvalue weighted by Gasteiger charge is 2.17. The fourth-order valence-corrected chi connectivity index (χ4v) is 2.44. The zero-order chi connectivity index (χ0) is 14.7. The van der Waals surface area contributed by atoms with Crippen molar-refractivity contribution < 1.29 is 8.78 Å². The van der Waals surface area contributed by atoms with Gasteiger partial charge in [-0.15, -0.1) is 0 Å². The van der Waals surface area contributed by atoms with Crippen molar-refractivity contribution in [2.24, 2.45) is 0 Å². The summed E-state index contributed by atoms with van der Waals surface area (Å²) in [6, 6.07) is 8.79. The molecule has 2 rings (SSSR count). The summed E-state index contributed by atoms with van der Waals surface area (Å²) in [6.45, 7) is 0. The van der Waals surface area contributed by atoms with Gasteiger partial charge in [-0.05, 0) is 37.2 Å². The molecule has 0 fully saturated rings. The quantitative estimate of drug-likeness (QED) is 0.856. The first kappa shape index (κ1) is 15.2. The van der Waals surface area contributed by atoms with Crippen molar-refractivity contribution in [3.63, 3.8) is 0 Å². The molecule has 2 aromatic rings. The highest BCUT2D eigenvalue weighted by atomic mass is 35.5. The van der Waals surface area contributed by atoms with E-state index in [-0.39, 0.29) is 11.1 Å². The van der Waals surface area contributed by atoms with Crippen LogP contribution in [0.5, 0.6) is 0 Å². The number of hydrogen-bond donors (Lipinski definition) is 1. The average molecular weight is 316 g/mol. The molecular formula is C15H13Cl2F2N. The summed E-state index contributed by atoms with van der Waals surface area (Å²) < 4.78 is 27.4. The maximum atomic E-state index is 13.9. The largest absolute Gasteiger partial charge is 0.313 e. The third kappa shape index (κ3) is 3.29. The van der Waals surface area contributed by atoms with E-state index < -0.39 is 11.6 Å². The minimum Gasteiger partial charge on any atom is -0.313 e. The Morgan fingerprint density at radius 3 is 2.50 bits per heavy atom. The molecule has 0 spiro atoms. The van der Waals surface area contributed by atoms with Gasteiger partial charge in [0.15, 0.2) is 0 Å². The van der Waals surface area contributed by atoms with Gasteiger partial charge in [-0.2, -0.15) is 0 Å². The van der Waals surface area contributed by atoms with Crippen molar-refractivity contribution in [1.29, 1.82) is 0 Å². The van der Waals surface area contributed by atoms with Crippen LogP contribution in [0.3, 0.4) is 0 Å². The highest BCUT2D eigenvalue weighted by molar-refractivity contribution is 6.31. The number of benzene rings is 2. The Morgan fingerprint density at radius 2 is 1.85 bits per heavy atom. The number of rotatable bonds is 4. The molecule has 0 saturated carbocycles. The molecule has 0 radical (unpaired) electrons. The summed E-state index contributed by atoms with van der Waals surface area (Å²) in [5, 5.41) is 3.42. The van der Waals surface area contributed by atoms with Crippen molar-refractivity contribution in [2.45, 2.75) is 12.5 Å². The molecule has 1 unspecified atom stereocenters. The summed E-state index contributed by atoms with van der Waals surface area (Å²) in [4.78, 5) is 0. The summed E-state index contributed by atoms with van der Waals surface area (Å²) >= 11 is 11.7. The van der Waals surface area contributed by atoms with Gasteiger partial charge in [0.05, 0.1) is 5.02 Å². The van der Waals surface area contributed by atoms with E-state index in [1.807, 2.05) is 0 Å². The lowest BCUT2D eigenvalue weighted by molar-refractivity contribution is 0.532. The van der Waals surface area contributed by atoms with Crippen molar-refractivity contribution in [3.05, 3.63) is 69.2 Å². The molecule has 0 saturated heterocycles. The van der Waals surface area contributed by atoms with Gasteiger partial charge in [0, 0.05) is 16.6 Å². The first-order chi connectivity index (χ1) is 9.52. The fourth-order valence-electron chi connectivity index (χ4n) is 2.08. The van der Waals surface area contributed by atoms with Gasteiger partial charge in [-0.3, -0.25) is 0 Å². The molecule has 0 aromatic heterocycles. The van der Waals surface area contributed by atoms with Gasteiger partial charge in [-0.25, -0.2) is 8.78 Å². The van der Waals surface area contributed by atoms with Crippen LogP contribution >= 0.6 is 23.2 Å². The number of halogens is 4. The molecule has 0 bridgehead atoms. The lowest BCUT2D eigenvalue weighted by Gasteiger charge is -2.18. The normalized spacial score (nSPS) is 12.4. The molecule has 1 nitrogen and oxygen atoms in total. The highest BCUT2D eigenvalue weighted by Crippen LogP contribution is 2.27. The predicted octanol–water partition coefficient (Wildman–Crippen LogP) is 4.77. The van der Waals surface area contributed by atoms with Crippen molar-refractivity contribution in [3.8, 4) is 0 Å². The second-order valence-electron chi connectivity index (χ2n) is 4.42. The van der Waals surface area contributed by atoms with Crippen LogP contribution < -0.4 is 5.32 Å². The Kier molecular flexibility index (Phi) is 4.97. The number of hydrogen-bond acceptors (Lipinski definition) is 1. The Bertz CT molecular complexity index is 617. The van der Waals surface area contributed by atoms with Crippen LogP contribution in [-0.2, 0) is 6.42 Å². The Labute approximate surface area is 126 Å². The van der Waals surface area contributed by atoms with Gasteiger partial charge in [0.25, 0.3) is 0 Å². The number of nitrogens with one attached hydrogen (secondary N) is 1. The summed E-state index contributed by atoms with van der Waals surface area (Å²) in [6.07, 6.45) is 0.381. The third-order valence-corrected chi connectivity index (χ3v) is 3.80. The van der Waals surface area contributed by atoms with E-state index in [0.717, 1.165) is 0 Å². The second kappa shape index (κ2) is 6.53. The topological polar surface area (TPSA) is 12.0 Å². The zero-order valence-corrected chi connectivity index (χ0v) is 12.3. The standard InChI is InChI=1S/C15H13Cl2F2N/c1-20-14(11-6-5-10(16)8-13(11)19)7-9-3-2-4-12(18)15(9)17/h2-6,8,14,20H,7H2,1H3. The van der Waals surface area contributed by atoms with Crippen LogP contribution in [0, 0.1) is 11.6 Å². The molecule has 1 atom stereocenters. The van der Waals surface area contributed by atoms with Crippen LogP contribution in [0.2, 0.25) is 10.0 Å². The SMILES string of the molecule is CNC(Cc1cccc(F)c1Cl)c1ccc(Cl)cc1F. The van der Waals surface area contributed by atoms with Gasteiger partial charge in [0.2, 0.25) is 0 Å². The predicted molar refractivity (Wildman–Crippen MR) is 78.3 cm³/mol. The Hall–Kier alpha value is -1.16. The minimum atomic E-state index is -0.476. The van der Waals surface area contributed by atoms with Crippen molar-refractivity contribution in [1.82, 2.24) is 5.32 Å². The fraction of sp³-hybridized carbons (Fsp3) is 0.200. The molecule has 0 heterocycles. The Morgan fingerprint density at radius 1 is 1.10 bits per heavy atom. The zero-order valence-electron chi connectivity index (χ0n) is 10.8. The molecule has 1 N–H and O–H groups in total. The molecule has 0 amide bonds. The summed E-state index contributed by atoms with van der Waals surface area (Å²) in [5.41, 5.74) is 1.09. The lowest BCUT2D eigenvalue weighted by atomic mass is 9.98. The van der Waals surface area contributed by atoms with Gasteiger partial charge in [-0.1, -0.05) is 41.4 Å². The lowest BCUT2D eigenvalue weighted by Crippen LogP contribution is -2.20. The van der Waals surface area contributed by atoms with E-state index in [2.05, 4.69) is 5.32 Å². The summed E-state index contributed by atoms with van der Waals surface area (Å²) in [5.74, 6) is -0.875. The van der Waals surface area contributed by atoms with Crippen LogP contribution in [0.1, 0.15) is 17.2 Å². The monoisotopic (exact) mass is 315 g/mol. The van der Waals surface area contributed by atoms with Gasteiger partial charge in [0.1, 0.15) is 11.6 Å².